The van der Waals surface area contributed by atoms with E-state index in [1.54, 1.807) is 35.4 Å². The van der Waals surface area contributed by atoms with Crippen LogP contribution in [0.4, 0.5) is 4.79 Å². The first kappa shape index (κ1) is 7.98. The number of aromatic nitrogens is 3. The van der Waals surface area contributed by atoms with Crippen LogP contribution in [0.3, 0.4) is 0 Å². The highest BCUT2D eigenvalue weighted by Crippen LogP contribution is 1.98. The molecule has 15 heavy (non-hydrogen) atoms. The average molecular weight is 199 g/mol. The smallest absolute Gasteiger partial charge is 0.290 e. The minimum absolute atomic E-state index is 0.367. The summed E-state index contributed by atoms with van der Waals surface area (Å²) >= 11 is 0. The number of imidazole rings is 1. The molecular formula is C9H5N5O. The summed E-state index contributed by atoms with van der Waals surface area (Å²) in [6.07, 6.45) is 5.05. The number of hydrogen-bond acceptors (Lipinski definition) is 3. The molecule has 0 spiro atoms. The van der Waals surface area contributed by atoms with Crippen molar-refractivity contribution in [2.75, 3.05) is 0 Å². The summed E-state index contributed by atoms with van der Waals surface area (Å²) in [7, 11) is 0. The zero-order chi connectivity index (χ0) is 10.3. The van der Waals surface area contributed by atoms with Gasteiger partial charge >= 0.3 is 6.03 Å². The molecule has 0 aliphatic carbocycles. The molecule has 3 rings (SSSR count). The third kappa shape index (κ3) is 1.23. The van der Waals surface area contributed by atoms with Gasteiger partial charge in [-0.3, -0.25) is 4.57 Å². The molecular weight excluding hydrogens is 194 g/mol. The maximum Gasteiger partial charge on any atom is 0.369 e. The number of amides is 2. The third-order valence-corrected chi connectivity index (χ3v) is 2.03. The van der Waals surface area contributed by atoms with Gasteiger partial charge in [0.2, 0.25) is 0 Å². The number of fused-ring (bicyclic) bond motifs is 1. The van der Waals surface area contributed by atoms with Crippen molar-refractivity contribution in [3.05, 3.63) is 41.7 Å². The Morgan fingerprint density at radius 1 is 1.20 bits per heavy atom. The van der Waals surface area contributed by atoms with Crippen molar-refractivity contribution < 1.29 is 4.79 Å². The van der Waals surface area contributed by atoms with Crippen molar-refractivity contribution >= 4 is 6.03 Å². The number of rotatable bonds is 1. The quantitative estimate of drug-likeness (QED) is 0.629. The Morgan fingerprint density at radius 2 is 2.13 bits per heavy atom. The summed E-state index contributed by atoms with van der Waals surface area (Å²) in [5.74, 6) is 0.667. The predicted octanol–water partition coefficient (Wildman–Crippen LogP) is -0.360. The van der Waals surface area contributed by atoms with Crippen LogP contribution < -0.4 is 10.8 Å². The van der Waals surface area contributed by atoms with E-state index in [-0.39, 0.29) is 0 Å². The van der Waals surface area contributed by atoms with Crippen molar-refractivity contribution in [2.45, 2.75) is 0 Å². The van der Waals surface area contributed by atoms with Gasteiger partial charge in [-0.05, 0) is 12.1 Å². The SMILES string of the molecule is O=C1N=c2ccc(-n3ccnc3)nc2=N1. The van der Waals surface area contributed by atoms with Crippen LogP contribution in [-0.4, -0.2) is 20.6 Å². The lowest BCUT2D eigenvalue weighted by Crippen LogP contribution is -2.26. The second-order valence-electron chi connectivity index (χ2n) is 2.99. The molecule has 0 unspecified atom stereocenters. The van der Waals surface area contributed by atoms with Gasteiger partial charge in [0.25, 0.3) is 0 Å². The first-order valence-corrected chi connectivity index (χ1v) is 4.30. The van der Waals surface area contributed by atoms with E-state index in [0.717, 1.165) is 0 Å². The number of nitrogens with zero attached hydrogens (tertiary/aromatic N) is 5. The topological polar surface area (TPSA) is 72.5 Å². The molecule has 0 aromatic carbocycles. The molecule has 0 saturated heterocycles. The molecule has 0 atom stereocenters. The Kier molecular flexibility index (Phi) is 1.49. The highest BCUT2D eigenvalue weighted by Gasteiger charge is 2.06. The molecule has 1 aliphatic heterocycles. The van der Waals surface area contributed by atoms with Crippen LogP contribution in [0.15, 0.2) is 40.8 Å². The molecule has 2 aromatic rings. The summed E-state index contributed by atoms with van der Waals surface area (Å²) < 4.78 is 1.73. The molecule has 2 aromatic heterocycles. The van der Waals surface area contributed by atoms with Crippen molar-refractivity contribution in [2.24, 2.45) is 9.98 Å². The molecule has 2 amide bonds. The number of pyridine rings is 1. The van der Waals surface area contributed by atoms with Crippen molar-refractivity contribution in [1.29, 1.82) is 0 Å². The van der Waals surface area contributed by atoms with Crippen molar-refractivity contribution in [3.8, 4) is 5.82 Å². The van der Waals surface area contributed by atoms with Gasteiger partial charge in [0.05, 0.1) is 0 Å². The standard InChI is InChI=1S/C9H5N5O/c15-9-11-6-1-2-7(12-8(6)13-9)14-4-3-10-5-14/h1-5H. The molecule has 0 N–H and O–H groups in total. The van der Waals surface area contributed by atoms with Crippen LogP contribution in [0.2, 0.25) is 0 Å². The molecule has 6 heteroatoms. The Morgan fingerprint density at radius 3 is 2.93 bits per heavy atom. The van der Waals surface area contributed by atoms with Gasteiger partial charge in [0, 0.05) is 12.4 Å². The Bertz CT molecular complexity index is 644. The number of carbonyl (C=O) groups excluding carboxylic acids is 1. The molecule has 6 nitrogen and oxygen atoms in total. The van der Waals surface area contributed by atoms with Gasteiger partial charge in [-0.2, -0.15) is 9.98 Å². The van der Waals surface area contributed by atoms with E-state index in [1.165, 1.54) is 0 Å². The summed E-state index contributed by atoms with van der Waals surface area (Å²) in [5, 5.41) is 0.517. The van der Waals surface area contributed by atoms with Crippen LogP contribution in [0.1, 0.15) is 0 Å². The third-order valence-electron chi connectivity index (χ3n) is 2.03. The van der Waals surface area contributed by atoms with E-state index in [0.29, 0.717) is 16.7 Å². The molecule has 1 aliphatic rings. The van der Waals surface area contributed by atoms with E-state index in [1.807, 2.05) is 0 Å². The van der Waals surface area contributed by atoms with Gasteiger partial charge in [0.15, 0.2) is 5.49 Å². The minimum Gasteiger partial charge on any atom is -0.290 e. The van der Waals surface area contributed by atoms with Gasteiger partial charge in [-0.15, -0.1) is 0 Å². The summed E-state index contributed by atoms with van der Waals surface area (Å²) in [6, 6.07) is 2.98. The lowest BCUT2D eigenvalue weighted by molar-refractivity contribution is 0.256. The molecule has 0 saturated carbocycles. The average Bonchev–Trinajstić information content (AvgIpc) is 2.82. The minimum atomic E-state index is -0.500. The largest absolute Gasteiger partial charge is 0.369 e. The van der Waals surface area contributed by atoms with E-state index in [4.69, 9.17) is 0 Å². The molecule has 3 heterocycles. The number of carbonyl (C=O) groups is 1. The normalized spacial score (nSPS) is 13.2. The molecule has 0 fully saturated rings. The van der Waals surface area contributed by atoms with Gasteiger partial charge < -0.3 is 0 Å². The Labute approximate surface area is 83.7 Å². The van der Waals surface area contributed by atoms with Gasteiger partial charge in [0.1, 0.15) is 17.5 Å². The molecule has 72 valence electrons. The zero-order valence-electron chi connectivity index (χ0n) is 7.53. The van der Waals surface area contributed by atoms with E-state index >= 15 is 0 Å². The molecule has 0 radical (unpaired) electrons. The monoisotopic (exact) mass is 199 g/mol. The van der Waals surface area contributed by atoms with Crippen molar-refractivity contribution in [3.63, 3.8) is 0 Å². The van der Waals surface area contributed by atoms with E-state index in [2.05, 4.69) is 20.0 Å². The second kappa shape index (κ2) is 2.81. The van der Waals surface area contributed by atoms with Gasteiger partial charge in [-0.1, -0.05) is 0 Å². The second-order valence-corrected chi connectivity index (χ2v) is 2.99. The van der Waals surface area contributed by atoms with E-state index < -0.39 is 6.03 Å². The number of urea groups is 1. The number of hydrogen-bond donors (Lipinski definition) is 0. The molecule has 0 bridgehead atoms. The van der Waals surface area contributed by atoms with Gasteiger partial charge in [-0.25, -0.2) is 14.8 Å². The summed E-state index contributed by atoms with van der Waals surface area (Å²) in [5.41, 5.74) is 0.367. The fourth-order valence-electron chi connectivity index (χ4n) is 1.36. The van der Waals surface area contributed by atoms with Crippen LogP contribution in [-0.2, 0) is 0 Å². The Hall–Kier alpha value is -2.37. The van der Waals surface area contributed by atoms with Crippen LogP contribution in [0.25, 0.3) is 5.82 Å². The summed E-state index contributed by atoms with van der Waals surface area (Å²) in [4.78, 5) is 26.4. The van der Waals surface area contributed by atoms with Crippen LogP contribution in [0, 0.1) is 0 Å². The van der Waals surface area contributed by atoms with Crippen LogP contribution in [0.5, 0.6) is 0 Å². The van der Waals surface area contributed by atoms with Crippen molar-refractivity contribution in [1.82, 2.24) is 14.5 Å². The lowest BCUT2D eigenvalue weighted by atomic mass is 10.4. The maximum atomic E-state index is 10.9. The first-order chi connectivity index (χ1) is 7.33. The Balaban J connectivity index is 2.25. The predicted molar refractivity (Wildman–Crippen MR) is 49.1 cm³/mol. The maximum absolute atomic E-state index is 10.9. The lowest BCUT2D eigenvalue weighted by Gasteiger charge is -1.97. The van der Waals surface area contributed by atoms with Crippen LogP contribution >= 0.6 is 0 Å². The fourth-order valence-corrected chi connectivity index (χ4v) is 1.36. The zero-order valence-corrected chi connectivity index (χ0v) is 7.53. The first-order valence-electron chi connectivity index (χ1n) is 4.30. The highest BCUT2D eigenvalue weighted by atomic mass is 16.2. The fraction of sp³-hybridized carbons (Fsp3) is 0. The summed E-state index contributed by atoms with van der Waals surface area (Å²) in [6.45, 7) is 0. The highest BCUT2D eigenvalue weighted by molar-refractivity contribution is 5.77. The van der Waals surface area contributed by atoms with E-state index in [9.17, 15) is 4.79 Å².